The summed E-state index contributed by atoms with van der Waals surface area (Å²) in [6.45, 7) is 1.61. The van der Waals surface area contributed by atoms with Gasteiger partial charge in [0, 0.05) is 28.6 Å². The minimum Gasteiger partial charge on any atom is -0.366 e. The smallest absolute Gasteiger partial charge is 0.346 e. The lowest BCUT2D eigenvalue weighted by Gasteiger charge is -2.39. The Bertz CT molecular complexity index is 696. The highest BCUT2D eigenvalue weighted by atomic mass is 32.1. The second-order valence-electron chi connectivity index (χ2n) is 8.65. The maximum Gasteiger partial charge on any atom is 0.346 e. The number of carbonyl (C=O) groups excluding carboxylic acids is 2. The van der Waals surface area contributed by atoms with Crippen LogP contribution in [0, 0.1) is 5.92 Å². The monoisotopic (exact) mass is 465 g/mol. The van der Waals surface area contributed by atoms with Crippen molar-refractivity contribution in [2.75, 3.05) is 12.3 Å². The van der Waals surface area contributed by atoms with Gasteiger partial charge in [-0.15, -0.1) is 16.4 Å². The number of nitrogens with zero attached hydrogens (tertiary/aromatic N) is 3. The molecule has 0 radical (unpaired) electrons. The number of thiophene rings is 1. The normalized spacial score (nSPS) is 19.6. The molecule has 1 aromatic heterocycles. The molecule has 2 fully saturated rings. The van der Waals surface area contributed by atoms with Crippen molar-refractivity contribution in [1.29, 1.82) is 0 Å². The third-order valence-electron chi connectivity index (χ3n) is 6.17. The summed E-state index contributed by atoms with van der Waals surface area (Å²) < 4.78 is 0. The molecule has 2 aliphatic rings. The zero-order chi connectivity index (χ0) is 22.1. The first kappa shape index (κ1) is 24.3. The summed E-state index contributed by atoms with van der Waals surface area (Å²) in [6.07, 6.45) is 13.1. The fourth-order valence-electron chi connectivity index (χ4n) is 4.39. The first-order valence-corrected chi connectivity index (χ1v) is 13.1. The van der Waals surface area contributed by atoms with Crippen LogP contribution in [0.2, 0.25) is 0 Å². The fraction of sp³-hybridized carbons (Fsp3) is 0.696. The highest BCUT2D eigenvalue weighted by molar-refractivity contribution is 7.80. The van der Waals surface area contributed by atoms with Gasteiger partial charge in [0.2, 0.25) is 5.91 Å². The largest absolute Gasteiger partial charge is 0.366 e. The Morgan fingerprint density at radius 2 is 1.77 bits per heavy atom. The van der Waals surface area contributed by atoms with Crippen LogP contribution in [0.1, 0.15) is 76.0 Å². The zero-order valence-electron chi connectivity index (χ0n) is 18.4. The van der Waals surface area contributed by atoms with Crippen LogP contribution >= 0.6 is 24.0 Å². The molecule has 0 aromatic carbocycles. The molecule has 1 unspecified atom stereocenters. The zero-order valence-corrected chi connectivity index (χ0v) is 20.2. The number of hydrazone groups is 1. The fourth-order valence-corrected chi connectivity index (χ4v) is 5.12. The van der Waals surface area contributed by atoms with Gasteiger partial charge in [-0.3, -0.25) is 4.79 Å². The minimum atomic E-state index is -0.417. The number of hydrogen-bond donors (Lipinski definition) is 1. The number of thiol groups is 1. The lowest BCUT2D eigenvalue weighted by molar-refractivity contribution is -0.223. The standard InChI is InChI=1S/C23H35N3O3S2/c1-18(17-30)23(28)25(24-15-21-13-8-14-31-21)16-22(27)29-26(19-9-4-2-5-10-19)20-11-6-3-7-12-20/h8,13-15,18-20,30H,2-7,9-12,16-17H2,1H3. The predicted molar refractivity (Wildman–Crippen MR) is 128 cm³/mol. The van der Waals surface area contributed by atoms with Gasteiger partial charge in [0.25, 0.3) is 0 Å². The van der Waals surface area contributed by atoms with Crippen molar-refractivity contribution < 1.29 is 14.4 Å². The average Bonchev–Trinajstić information content (AvgIpc) is 3.34. The van der Waals surface area contributed by atoms with Crippen LogP contribution in [0.25, 0.3) is 0 Å². The van der Waals surface area contributed by atoms with Crippen molar-refractivity contribution in [2.24, 2.45) is 11.0 Å². The summed E-state index contributed by atoms with van der Waals surface area (Å²) in [4.78, 5) is 32.7. The van der Waals surface area contributed by atoms with Crippen LogP contribution in [-0.4, -0.2) is 52.5 Å². The molecule has 31 heavy (non-hydrogen) atoms. The Hall–Kier alpha value is -1.38. The van der Waals surface area contributed by atoms with Gasteiger partial charge in [-0.05, 0) is 37.1 Å². The lowest BCUT2D eigenvalue weighted by atomic mass is 9.90. The topological polar surface area (TPSA) is 62.2 Å². The molecular weight excluding hydrogens is 430 g/mol. The number of amides is 1. The molecule has 8 heteroatoms. The van der Waals surface area contributed by atoms with E-state index in [2.05, 4.69) is 17.7 Å². The molecule has 1 amide bonds. The predicted octanol–water partition coefficient (Wildman–Crippen LogP) is 4.90. The quantitative estimate of drug-likeness (QED) is 0.320. The Morgan fingerprint density at radius 3 is 2.29 bits per heavy atom. The van der Waals surface area contributed by atoms with E-state index in [0.717, 1.165) is 30.6 Å². The van der Waals surface area contributed by atoms with Crippen LogP contribution < -0.4 is 0 Å². The third-order valence-corrected chi connectivity index (χ3v) is 7.53. The van der Waals surface area contributed by atoms with Crippen LogP contribution in [0.4, 0.5) is 0 Å². The summed E-state index contributed by atoms with van der Waals surface area (Å²) in [5.41, 5.74) is 0. The molecule has 0 saturated heterocycles. The number of hydrogen-bond acceptors (Lipinski definition) is 7. The number of carbonyl (C=O) groups is 2. The summed E-state index contributed by atoms with van der Waals surface area (Å²) in [7, 11) is 0. The second kappa shape index (κ2) is 12.6. The van der Waals surface area contributed by atoms with E-state index >= 15 is 0 Å². The number of hydroxylamine groups is 2. The maximum absolute atomic E-state index is 13.0. The molecule has 0 spiro atoms. The molecule has 6 nitrogen and oxygen atoms in total. The first-order valence-electron chi connectivity index (χ1n) is 11.6. The summed E-state index contributed by atoms with van der Waals surface area (Å²) in [6, 6.07) is 4.42. The van der Waals surface area contributed by atoms with Gasteiger partial charge >= 0.3 is 5.97 Å². The molecule has 172 valence electrons. The molecule has 0 bridgehead atoms. The maximum atomic E-state index is 13.0. The molecule has 3 rings (SSSR count). The van der Waals surface area contributed by atoms with Crippen molar-refractivity contribution in [1.82, 2.24) is 10.1 Å². The van der Waals surface area contributed by atoms with Crippen molar-refractivity contribution in [2.45, 2.75) is 83.2 Å². The van der Waals surface area contributed by atoms with E-state index < -0.39 is 5.97 Å². The molecule has 2 aliphatic carbocycles. The van der Waals surface area contributed by atoms with Gasteiger partial charge < -0.3 is 4.84 Å². The highest BCUT2D eigenvalue weighted by Crippen LogP contribution is 2.30. The Balaban J connectivity index is 1.69. The Labute approximate surface area is 195 Å². The van der Waals surface area contributed by atoms with Crippen molar-refractivity contribution in [3.05, 3.63) is 22.4 Å². The van der Waals surface area contributed by atoms with Gasteiger partial charge in [-0.25, -0.2) is 9.80 Å². The van der Waals surface area contributed by atoms with E-state index in [1.54, 1.807) is 13.1 Å². The van der Waals surface area contributed by atoms with E-state index in [-0.39, 0.29) is 30.5 Å². The van der Waals surface area contributed by atoms with Crippen LogP contribution in [0.5, 0.6) is 0 Å². The van der Waals surface area contributed by atoms with Gasteiger partial charge in [0.15, 0.2) is 0 Å². The van der Waals surface area contributed by atoms with Crippen LogP contribution in [0.15, 0.2) is 22.6 Å². The van der Waals surface area contributed by atoms with Gasteiger partial charge in [-0.2, -0.15) is 17.7 Å². The highest BCUT2D eigenvalue weighted by Gasteiger charge is 2.33. The average molecular weight is 466 g/mol. The van der Waals surface area contributed by atoms with E-state index in [9.17, 15) is 9.59 Å². The summed E-state index contributed by atoms with van der Waals surface area (Å²) in [5, 5.41) is 9.51. The first-order chi connectivity index (χ1) is 15.1. The molecule has 1 aromatic rings. The van der Waals surface area contributed by atoms with E-state index in [1.807, 2.05) is 22.6 Å². The van der Waals surface area contributed by atoms with Crippen molar-refractivity contribution in [3.8, 4) is 0 Å². The lowest BCUT2D eigenvalue weighted by Crippen LogP contribution is -2.48. The molecule has 2 saturated carbocycles. The SMILES string of the molecule is CC(CS)C(=O)N(CC(=O)ON(C1CCCCC1)C1CCCCC1)N=Cc1cccs1. The van der Waals surface area contributed by atoms with E-state index in [4.69, 9.17) is 4.84 Å². The van der Waals surface area contributed by atoms with E-state index in [0.29, 0.717) is 5.75 Å². The molecule has 1 heterocycles. The third kappa shape index (κ3) is 7.32. The Morgan fingerprint density at radius 1 is 1.16 bits per heavy atom. The van der Waals surface area contributed by atoms with E-state index in [1.165, 1.54) is 54.9 Å². The van der Waals surface area contributed by atoms with Crippen molar-refractivity contribution >= 4 is 42.1 Å². The molecule has 1 atom stereocenters. The summed E-state index contributed by atoms with van der Waals surface area (Å²) >= 11 is 5.77. The minimum absolute atomic E-state index is 0.186. The molecular formula is C23H35N3O3S2. The Kier molecular flexibility index (Phi) is 9.87. The number of rotatable bonds is 9. The van der Waals surface area contributed by atoms with Crippen LogP contribution in [-0.2, 0) is 14.4 Å². The molecule has 0 N–H and O–H groups in total. The van der Waals surface area contributed by atoms with Gasteiger partial charge in [0.1, 0.15) is 6.54 Å². The van der Waals surface area contributed by atoms with Crippen LogP contribution in [0.3, 0.4) is 0 Å². The van der Waals surface area contributed by atoms with Gasteiger partial charge in [0.05, 0.1) is 6.21 Å². The van der Waals surface area contributed by atoms with Gasteiger partial charge in [-0.1, -0.05) is 51.5 Å². The second-order valence-corrected chi connectivity index (χ2v) is 9.99. The molecule has 0 aliphatic heterocycles. The summed E-state index contributed by atoms with van der Waals surface area (Å²) in [5.74, 6) is -0.569. The van der Waals surface area contributed by atoms with Crippen molar-refractivity contribution in [3.63, 3.8) is 0 Å².